The molecular formula is C20H29NO2. The molecule has 2 fully saturated rings. The standard InChI is InChI=1S/C20H29NO2/c1-4-16(11-22)19(23)21-12-20(13-21)8-7-17(10-20)18-6-5-14(2)9-15(18)3/h5-6,9,16-17,22H,4,7-8,10-13H2,1-3H3/t16-,17+/m1/s1. The Bertz CT molecular complexity index is 585. The molecule has 0 aromatic heterocycles. The zero-order valence-electron chi connectivity index (χ0n) is 14.6. The first-order valence-corrected chi connectivity index (χ1v) is 8.95. The molecule has 0 radical (unpaired) electrons. The van der Waals surface area contributed by atoms with Gasteiger partial charge in [-0.05, 0) is 56.6 Å². The van der Waals surface area contributed by atoms with Crippen molar-refractivity contribution in [2.75, 3.05) is 19.7 Å². The fourth-order valence-electron chi connectivity index (χ4n) is 4.60. The molecule has 1 aliphatic heterocycles. The van der Waals surface area contributed by atoms with Crippen LogP contribution >= 0.6 is 0 Å². The lowest BCUT2D eigenvalue weighted by atomic mass is 9.76. The Morgan fingerprint density at radius 1 is 1.39 bits per heavy atom. The normalized spacial score (nSPS) is 23.8. The van der Waals surface area contributed by atoms with Gasteiger partial charge in [-0.15, -0.1) is 0 Å². The van der Waals surface area contributed by atoms with Crippen LogP contribution in [0.5, 0.6) is 0 Å². The summed E-state index contributed by atoms with van der Waals surface area (Å²) in [5.41, 5.74) is 4.57. The topological polar surface area (TPSA) is 40.5 Å². The summed E-state index contributed by atoms with van der Waals surface area (Å²) in [7, 11) is 0. The Hall–Kier alpha value is -1.35. The Labute approximate surface area is 139 Å². The number of rotatable bonds is 4. The molecule has 2 aliphatic rings. The summed E-state index contributed by atoms with van der Waals surface area (Å²) in [6, 6.07) is 6.80. The van der Waals surface area contributed by atoms with Gasteiger partial charge in [-0.2, -0.15) is 0 Å². The first-order chi connectivity index (χ1) is 11.0. The summed E-state index contributed by atoms with van der Waals surface area (Å²) in [5, 5.41) is 9.32. The third-order valence-electron chi connectivity index (χ3n) is 5.99. The van der Waals surface area contributed by atoms with E-state index in [1.54, 1.807) is 0 Å². The van der Waals surface area contributed by atoms with Gasteiger partial charge in [-0.3, -0.25) is 4.79 Å². The van der Waals surface area contributed by atoms with E-state index < -0.39 is 0 Å². The van der Waals surface area contributed by atoms with Crippen LogP contribution in [-0.2, 0) is 4.79 Å². The number of aliphatic hydroxyl groups is 1. The monoisotopic (exact) mass is 315 g/mol. The van der Waals surface area contributed by atoms with Crippen molar-refractivity contribution in [1.29, 1.82) is 0 Å². The van der Waals surface area contributed by atoms with Crippen LogP contribution in [0.3, 0.4) is 0 Å². The van der Waals surface area contributed by atoms with Gasteiger partial charge in [0, 0.05) is 18.5 Å². The third-order valence-corrected chi connectivity index (χ3v) is 5.99. The first-order valence-electron chi connectivity index (χ1n) is 8.95. The maximum Gasteiger partial charge on any atom is 0.228 e. The van der Waals surface area contributed by atoms with E-state index in [4.69, 9.17) is 0 Å². The van der Waals surface area contributed by atoms with Gasteiger partial charge in [0.2, 0.25) is 5.91 Å². The molecule has 0 bridgehead atoms. The van der Waals surface area contributed by atoms with E-state index in [2.05, 4.69) is 32.0 Å². The largest absolute Gasteiger partial charge is 0.396 e. The number of likely N-dealkylation sites (tertiary alicyclic amines) is 1. The third kappa shape index (κ3) is 3.03. The van der Waals surface area contributed by atoms with E-state index >= 15 is 0 Å². The zero-order chi connectivity index (χ0) is 16.6. The molecule has 1 aromatic rings. The van der Waals surface area contributed by atoms with Crippen molar-refractivity contribution in [3.8, 4) is 0 Å². The fourth-order valence-corrected chi connectivity index (χ4v) is 4.60. The summed E-state index contributed by atoms with van der Waals surface area (Å²) in [6.45, 7) is 8.10. The van der Waals surface area contributed by atoms with Crippen molar-refractivity contribution < 1.29 is 9.90 Å². The van der Waals surface area contributed by atoms with E-state index in [1.807, 2.05) is 11.8 Å². The molecule has 1 N–H and O–H groups in total. The summed E-state index contributed by atoms with van der Waals surface area (Å²) in [4.78, 5) is 14.3. The molecule has 23 heavy (non-hydrogen) atoms. The van der Waals surface area contributed by atoms with E-state index in [0.717, 1.165) is 19.5 Å². The van der Waals surface area contributed by atoms with Gasteiger partial charge >= 0.3 is 0 Å². The van der Waals surface area contributed by atoms with Gasteiger partial charge in [-0.1, -0.05) is 30.7 Å². The lowest BCUT2D eigenvalue weighted by Crippen LogP contribution is -2.58. The smallest absolute Gasteiger partial charge is 0.228 e. The minimum Gasteiger partial charge on any atom is -0.396 e. The van der Waals surface area contributed by atoms with Crippen molar-refractivity contribution in [3.05, 3.63) is 34.9 Å². The average Bonchev–Trinajstić information content (AvgIpc) is 2.92. The predicted octanol–water partition coefficient (Wildman–Crippen LogP) is 3.42. The highest BCUT2D eigenvalue weighted by molar-refractivity contribution is 5.80. The number of amides is 1. The van der Waals surface area contributed by atoms with E-state index in [1.165, 1.54) is 36.0 Å². The van der Waals surface area contributed by atoms with Crippen LogP contribution in [0.4, 0.5) is 0 Å². The number of benzene rings is 1. The summed E-state index contributed by atoms with van der Waals surface area (Å²) < 4.78 is 0. The van der Waals surface area contributed by atoms with Crippen LogP contribution in [0.2, 0.25) is 0 Å². The Morgan fingerprint density at radius 2 is 2.13 bits per heavy atom. The van der Waals surface area contributed by atoms with Crippen LogP contribution in [0.1, 0.15) is 55.2 Å². The maximum atomic E-state index is 12.3. The van der Waals surface area contributed by atoms with Gasteiger partial charge < -0.3 is 10.0 Å². The second-order valence-corrected chi connectivity index (χ2v) is 7.78. The molecule has 126 valence electrons. The number of hydrogen-bond acceptors (Lipinski definition) is 2. The summed E-state index contributed by atoms with van der Waals surface area (Å²) >= 11 is 0. The maximum absolute atomic E-state index is 12.3. The number of nitrogens with zero attached hydrogens (tertiary/aromatic N) is 1. The highest BCUT2D eigenvalue weighted by Crippen LogP contribution is 2.52. The fraction of sp³-hybridized carbons (Fsp3) is 0.650. The van der Waals surface area contributed by atoms with Crippen LogP contribution < -0.4 is 0 Å². The lowest BCUT2D eigenvalue weighted by Gasteiger charge is -2.49. The highest BCUT2D eigenvalue weighted by atomic mass is 16.3. The minimum atomic E-state index is -0.205. The van der Waals surface area contributed by atoms with Crippen LogP contribution in [-0.4, -0.2) is 35.6 Å². The van der Waals surface area contributed by atoms with E-state index in [9.17, 15) is 9.90 Å². The zero-order valence-corrected chi connectivity index (χ0v) is 14.6. The second kappa shape index (κ2) is 6.27. The molecule has 2 atom stereocenters. The Balaban J connectivity index is 1.62. The molecule has 1 spiro atoms. The van der Waals surface area contributed by atoms with Gasteiger partial charge in [0.15, 0.2) is 0 Å². The van der Waals surface area contributed by atoms with Gasteiger partial charge in [0.1, 0.15) is 0 Å². The number of carbonyl (C=O) groups is 1. The van der Waals surface area contributed by atoms with Gasteiger partial charge in [0.25, 0.3) is 0 Å². The lowest BCUT2D eigenvalue weighted by molar-refractivity contribution is -0.149. The molecule has 1 heterocycles. The first kappa shape index (κ1) is 16.5. The Morgan fingerprint density at radius 3 is 2.74 bits per heavy atom. The molecule has 1 aliphatic carbocycles. The summed E-state index contributed by atoms with van der Waals surface area (Å²) in [6.07, 6.45) is 4.40. The van der Waals surface area contributed by atoms with Crippen molar-refractivity contribution in [1.82, 2.24) is 4.90 Å². The second-order valence-electron chi connectivity index (χ2n) is 7.78. The molecule has 1 amide bonds. The predicted molar refractivity (Wildman–Crippen MR) is 92.4 cm³/mol. The SMILES string of the molecule is CC[C@H](CO)C(=O)N1CC2(CC[C@H](c3ccc(C)cc3C)C2)C1. The molecule has 1 aromatic carbocycles. The van der Waals surface area contributed by atoms with Crippen molar-refractivity contribution >= 4 is 5.91 Å². The van der Waals surface area contributed by atoms with E-state index in [-0.39, 0.29) is 18.4 Å². The summed E-state index contributed by atoms with van der Waals surface area (Å²) in [5.74, 6) is 0.590. The van der Waals surface area contributed by atoms with Crippen molar-refractivity contribution in [3.63, 3.8) is 0 Å². The molecule has 0 unspecified atom stereocenters. The molecule has 3 nitrogen and oxygen atoms in total. The Kier molecular flexibility index (Phi) is 4.50. The van der Waals surface area contributed by atoms with Crippen LogP contribution in [0.25, 0.3) is 0 Å². The van der Waals surface area contributed by atoms with Crippen LogP contribution in [0.15, 0.2) is 18.2 Å². The molecule has 3 rings (SSSR count). The average molecular weight is 315 g/mol. The minimum absolute atomic E-state index is 0.0238. The molecule has 3 heteroatoms. The van der Waals surface area contributed by atoms with Gasteiger partial charge in [-0.25, -0.2) is 0 Å². The number of carbonyl (C=O) groups excluding carboxylic acids is 1. The van der Waals surface area contributed by atoms with Crippen LogP contribution in [0, 0.1) is 25.2 Å². The molecule has 1 saturated carbocycles. The van der Waals surface area contributed by atoms with Crippen molar-refractivity contribution in [2.24, 2.45) is 11.3 Å². The van der Waals surface area contributed by atoms with Crippen molar-refractivity contribution in [2.45, 2.75) is 52.4 Å². The van der Waals surface area contributed by atoms with Gasteiger partial charge in [0.05, 0.1) is 12.5 Å². The number of hydrogen-bond donors (Lipinski definition) is 1. The number of aryl methyl sites for hydroxylation is 2. The molecule has 1 saturated heterocycles. The number of aliphatic hydroxyl groups excluding tert-OH is 1. The quantitative estimate of drug-likeness (QED) is 0.925. The van der Waals surface area contributed by atoms with E-state index in [0.29, 0.717) is 11.3 Å². The molecular weight excluding hydrogens is 286 g/mol. The highest BCUT2D eigenvalue weighted by Gasteiger charge is 2.50.